The quantitative estimate of drug-likeness (QED) is 0.245. The monoisotopic (exact) mass is 390 g/mol. The summed E-state index contributed by atoms with van der Waals surface area (Å²) in [5.41, 5.74) is 0.670. The van der Waals surface area contributed by atoms with E-state index in [1.54, 1.807) is 0 Å². The first kappa shape index (κ1) is 21.5. The highest BCUT2D eigenvalue weighted by atomic mass is 16.3. The number of phenols is 6. The molecule has 154 valence electrons. The van der Waals surface area contributed by atoms with Gasteiger partial charge < -0.3 is 30.6 Å². The van der Waals surface area contributed by atoms with Gasteiger partial charge in [0.15, 0.2) is 23.0 Å². The largest absolute Gasteiger partial charge is 0.504 e. The van der Waals surface area contributed by atoms with Gasteiger partial charge in [0, 0.05) is 17.0 Å². The van der Waals surface area contributed by atoms with Crippen LogP contribution in [-0.2, 0) is 0 Å². The molecule has 0 radical (unpaired) electrons. The van der Waals surface area contributed by atoms with Crippen LogP contribution in [0.3, 0.4) is 0 Å². The Balaban J connectivity index is 2.25. The van der Waals surface area contributed by atoms with Gasteiger partial charge in [-0.2, -0.15) is 0 Å². The van der Waals surface area contributed by atoms with Crippen molar-refractivity contribution >= 4 is 0 Å². The summed E-state index contributed by atoms with van der Waals surface area (Å²) in [6, 6.07) is 5.53. The first-order valence-corrected chi connectivity index (χ1v) is 9.86. The lowest BCUT2D eigenvalue weighted by Crippen LogP contribution is -2.03. The molecule has 0 aliphatic carbocycles. The number of phenolic OH excluding ortho intramolecular Hbond substituents is 6. The average molecular weight is 390 g/mol. The highest BCUT2D eigenvalue weighted by Crippen LogP contribution is 2.48. The third-order valence-corrected chi connectivity index (χ3v) is 5.17. The number of benzene rings is 2. The van der Waals surface area contributed by atoms with Crippen molar-refractivity contribution in [1.29, 1.82) is 0 Å². The van der Waals surface area contributed by atoms with Gasteiger partial charge in [0.1, 0.15) is 0 Å². The molecule has 6 nitrogen and oxygen atoms in total. The van der Waals surface area contributed by atoms with E-state index in [9.17, 15) is 30.6 Å². The summed E-state index contributed by atoms with van der Waals surface area (Å²) < 4.78 is 0. The SMILES string of the molecule is CCCCCCCCCC(c1ccc(O)c(O)c1O)c1ccc(O)c(O)c1O. The summed E-state index contributed by atoms with van der Waals surface area (Å²) in [4.78, 5) is 0. The van der Waals surface area contributed by atoms with E-state index in [1.807, 2.05) is 0 Å². The van der Waals surface area contributed by atoms with Gasteiger partial charge in [0.2, 0.25) is 11.5 Å². The van der Waals surface area contributed by atoms with Gasteiger partial charge in [-0.05, 0) is 18.6 Å². The molecule has 28 heavy (non-hydrogen) atoms. The van der Waals surface area contributed by atoms with E-state index in [1.165, 1.54) is 43.5 Å². The minimum absolute atomic E-state index is 0.335. The predicted octanol–water partition coefficient (Wildman–Crippen LogP) is 5.19. The zero-order valence-corrected chi connectivity index (χ0v) is 16.2. The topological polar surface area (TPSA) is 121 Å². The van der Waals surface area contributed by atoms with Crippen molar-refractivity contribution in [3.8, 4) is 34.5 Å². The lowest BCUT2D eigenvalue weighted by Gasteiger charge is -2.21. The third-order valence-electron chi connectivity index (χ3n) is 5.17. The first-order valence-electron chi connectivity index (χ1n) is 9.86. The van der Waals surface area contributed by atoms with Crippen molar-refractivity contribution in [2.75, 3.05) is 0 Å². The van der Waals surface area contributed by atoms with Gasteiger partial charge in [-0.25, -0.2) is 0 Å². The predicted molar refractivity (Wildman–Crippen MR) is 107 cm³/mol. The van der Waals surface area contributed by atoms with E-state index in [4.69, 9.17) is 0 Å². The van der Waals surface area contributed by atoms with Crippen LogP contribution in [0.1, 0.15) is 75.3 Å². The molecule has 0 aromatic heterocycles. The van der Waals surface area contributed by atoms with Crippen molar-refractivity contribution in [2.24, 2.45) is 0 Å². The van der Waals surface area contributed by atoms with Gasteiger partial charge >= 0.3 is 0 Å². The van der Waals surface area contributed by atoms with Gasteiger partial charge in [-0.3, -0.25) is 0 Å². The summed E-state index contributed by atoms with van der Waals surface area (Å²) in [5, 5.41) is 59.6. The summed E-state index contributed by atoms with van der Waals surface area (Å²) >= 11 is 0. The molecule has 6 N–H and O–H groups in total. The lowest BCUT2D eigenvalue weighted by atomic mass is 9.85. The average Bonchev–Trinajstić information content (AvgIpc) is 2.68. The number of unbranched alkanes of at least 4 members (excludes halogenated alkanes) is 6. The molecule has 2 rings (SSSR count). The molecule has 6 heteroatoms. The lowest BCUT2D eigenvalue weighted by molar-refractivity contribution is 0.357. The van der Waals surface area contributed by atoms with Crippen LogP contribution in [0.4, 0.5) is 0 Å². The maximum Gasteiger partial charge on any atom is 0.200 e. The molecular weight excluding hydrogens is 360 g/mol. The first-order chi connectivity index (χ1) is 13.4. The van der Waals surface area contributed by atoms with E-state index in [2.05, 4.69) is 6.92 Å². The molecule has 0 amide bonds. The fourth-order valence-electron chi connectivity index (χ4n) is 3.52. The highest BCUT2D eigenvalue weighted by Gasteiger charge is 2.25. The minimum atomic E-state index is -0.621. The van der Waals surface area contributed by atoms with E-state index in [0.29, 0.717) is 17.5 Å². The van der Waals surface area contributed by atoms with Crippen molar-refractivity contribution in [2.45, 2.75) is 64.2 Å². The third kappa shape index (κ3) is 4.94. The Hall–Kier alpha value is -2.76. The van der Waals surface area contributed by atoms with Crippen LogP contribution in [0.5, 0.6) is 34.5 Å². The van der Waals surface area contributed by atoms with E-state index < -0.39 is 40.4 Å². The summed E-state index contributed by atoms with van der Waals surface area (Å²) in [7, 11) is 0. The molecule has 2 aromatic rings. The molecule has 0 saturated carbocycles. The molecule has 0 fully saturated rings. The molecule has 0 spiro atoms. The van der Waals surface area contributed by atoms with Gasteiger partial charge in [-0.15, -0.1) is 0 Å². The van der Waals surface area contributed by atoms with Crippen LogP contribution in [0.2, 0.25) is 0 Å². The van der Waals surface area contributed by atoms with Crippen LogP contribution in [0, 0.1) is 0 Å². The highest BCUT2D eigenvalue weighted by molar-refractivity contribution is 5.60. The maximum atomic E-state index is 10.3. The molecule has 0 heterocycles. The second-order valence-corrected chi connectivity index (χ2v) is 7.20. The number of rotatable bonds is 10. The fraction of sp³-hybridized carbons (Fsp3) is 0.455. The summed E-state index contributed by atoms with van der Waals surface area (Å²) in [6.45, 7) is 2.17. The van der Waals surface area contributed by atoms with E-state index in [-0.39, 0.29) is 0 Å². The summed E-state index contributed by atoms with van der Waals surface area (Å²) in [5.74, 6) is -3.55. The van der Waals surface area contributed by atoms with Crippen LogP contribution >= 0.6 is 0 Å². The van der Waals surface area contributed by atoms with Crippen molar-refractivity contribution in [1.82, 2.24) is 0 Å². The fourth-order valence-corrected chi connectivity index (χ4v) is 3.52. The normalized spacial score (nSPS) is 11.2. The molecule has 0 atom stereocenters. The van der Waals surface area contributed by atoms with Gasteiger partial charge in [0.25, 0.3) is 0 Å². The van der Waals surface area contributed by atoms with E-state index >= 15 is 0 Å². The molecule has 0 aliphatic rings. The standard InChI is InChI=1S/C22H30O6/c1-2-3-4-5-6-7-8-9-14(15-10-12-17(23)21(27)19(15)25)16-11-13-18(24)22(28)20(16)26/h10-14,23-28H,2-9H2,1H3. The Morgan fingerprint density at radius 3 is 1.46 bits per heavy atom. The van der Waals surface area contributed by atoms with Crippen molar-refractivity contribution in [3.63, 3.8) is 0 Å². The van der Waals surface area contributed by atoms with Crippen molar-refractivity contribution < 1.29 is 30.6 Å². The maximum absolute atomic E-state index is 10.3. The Labute approximate surface area is 165 Å². The Morgan fingerprint density at radius 2 is 1.00 bits per heavy atom. The van der Waals surface area contributed by atoms with Crippen LogP contribution in [0.15, 0.2) is 24.3 Å². The smallest absolute Gasteiger partial charge is 0.200 e. The second kappa shape index (κ2) is 9.97. The number of hydrogen-bond donors (Lipinski definition) is 6. The van der Waals surface area contributed by atoms with Gasteiger partial charge in [0.05, 0.1) is 0 Å². The molecule has 0 saturated heterocycles. The zero-order chi connectivity index (χ0) is 20.7. The Morgan fingerprint density at radius 1 is 0.571 bits per heavy atom. The number of aromatic hydroxyl groups is 6. The molecule has 2 aromatic carbocycles. The molecule has 0 aliphatic heterocycles. The Kier molecular flexibility index (Phi) is 7.67. The second-order valence-electron chi connectivity index (χ2n) is 7.20. The van der Waals surface area contributed by atoms with Crippen LogP contribution in [-0.4, -0.2) is 30.6 Å². The van der Waals surface area contributed by atoms with Gasteiger partial charge in [-0.1, -0.05) is 64.0 Å². The molecule has 0 bridgehead atoms. The molecule has 0 unspecified atom stereocenters. The van der Waals surface area contributed by atoms with E-state index in [0.717, 1.165) is 25.7 Å². The Bertz CT molecular complexity index is 730. The number of hydrogen-bond acceptors (Lipinski definition) is 6. The van der Waals surface area contributed by atoms with Crippen LogP contribution < -0.4 is 0 Å². The van der Waals surface area contributed by atoms with Crippen LogP contribution in [0.25, 0.3) is 0 Å². The summed E-state index contributed by atoms with van der Waals surface area (Å²) in [6.07, 6.45) is 8.23. The molecular formula is C22H30O6. The van der Waals surface area contributed by atoms with Crippen molar-refractivity contribution in [3.05, 3.63) is 35.4 Å². The zero-order valence-electron chi connectivity index (χ0n) is 16.2. The minimum Gasteiger partial charge on any atom is -0.504 e.